The largest absolute Gasteiger partial charge is 0.396 e. The molecule has 0 heterocycles. The lowest BCUT2D eigenvalue weighted by atomic mass is 10.1. The van der Waals surface area contributed by atoms with Gasteiger partial charge in [-0.1, -0.05) is 30.4 Å². The minimum Gasteiger partial charge on any atom is -0.396 e. The van der Waals surface area contributed by atoms with Crippen molar-refractivity contribution in [2.45, 2.75) is 12.5 Å². The Hall–Kier alpha value is -2.99. The van der Waals surface area contributed by atoms with Gasteiger partial charge in [0.25, 0.3) is 0 Å². The molecule has 0 spiro atoms. The van der Waals surface area contributed by atoms with Gasteiger partial charge >= 0.3 is 6.03 Å². The maximum Gasteiger partial charge on any atom is 0.319 e. The lowest BCUT2D eigenvalue weighted by Crippen LogP contribution is -2.36. The lowest BCUT2D eigenvalue weighted by molar-refractivity contribution is 0.238. The van der Waals surface area contributed by atoms with E-state index in [1.54, 1.807) is 24.3 Å². The fraction of sp³-hybridized carbons (Fsp3) is 0.211. The number of hydrogen-bond acceptors (Lipinski definition) is 4. The van der Waals surface area contributed by atoms with Gasteiger partial charge in [-0.2, -0.15) is 10.2 Å². The molecule has 0 fully saturated rings. The van der Waals surface area contributed by atoms with Crippen molar-refractivity contribution < 1.29 is 9.90 Å². The van der Waals surface area contributed by atoms with Gasteiger partial charge in [0.2, 0.25) is 0 Å². The van der Waals surface area contributed by atoms with E-state index in [2.05, 4.69) is 20.9 Å². The van der Waals surface area contributed by atoms with Crippen LogP contribution < -0.4 is 10.6 Å². The molecule has 3 rings (SSSR count). The van der Waals surface area contributed by atoms with E-state index in [0.717, 1.165) is 12.1 Å². The number of anilines is 1. The number of nitrogens with one attached hydrogen (secondary N) is 2. The molecule has 2 aromatic carbocycles. The van der Waals surface area contributed by atoms with Crippen molar-refractivity contribution in [3.8, 4) is 0 Å². The van der Waals surface area contributed by atoms with Gasteiger partial charge in [-0.05, 0) is 42.8 Å². The first-order chi connectivity index (χ1) is 12.2. The van der Waals surface area contributed by atoms with Crippen molar-refractivity contribution in [3.63, 3.8) is 0 Å². The molecule has 0 bridgehead atoms. The van der Waals surface area contributed by atoms with E-state index in [9.17, 15) is 4.79 Å². The Morgan fingerprint density at radius 1 is 1.00 bits per heavy atom. The number of carbonyl (C=O) groups is 1. The lowest BCUT2D eigenvalue weighted by Gasteiger charge is -2.13. The Bertz CT molecular complexity index is 757. The van der Waals surface area contributed by atoms with Gasteiger partial charge in [-0.25, -0.2) is 4.79 Å². The van der Waals surface area contributed by atoms with Crippen LogP contribution in [0.1, 0.15) is 6.42 Å². The number of benzene rings is 2. The SMILES string of the molecule is O=C(Nc1ccc(N=Nc2ccccc2)cc1)N[C@@H]1C=C[C@H](CO)C1. The van der Waals surface area contributed by atoms with Gasteiger partial charge in [0.05, 0.1) is 11.4 Å². The number of aliphatic hydroxyl groups is 1. The molecule has 0 saturated carbocycles. The Labute approximate surface area is 146 Å². The zero-order valence-electron chi connectivity index (χ0n) is 13.7. The topological polar surface area (TPSA) is 86.1 Å². The summed E-state index contributed by atoms with van der Waals surface area (Å²) in [4.78, 5) is 12.0. The first kappa shape index (κ1) is 16.9. The molecule has 1 aliphatic rings. The van der Waals surface area contributed by atoms with Gasteiger partial charge in [-0.15, -0.1) is 0 Å². The van der Waals surface area contributed by atoms with Crippen LogP contribution in [0.3, 0.4) is 0 Å². The summed E-state index contributed by atoms with van der Waals surface area (Å²) < 4.78 is 0. The molecule has 3 N–H and O–H groups in total. The molecule has 25 heavy (non-hydrogen) atoms. The van der Waals surface area contributed by atoms with Crippen LogP contribution in [-0.2, 0) is 0 Å². The van der Waals surface area contributed by atoms with E-state index in [1.165, 1.54) is 0 Å². The van der Waals surface area contributed by atoms with Gasteiger partial charge in [0.15, 0.2) is 0 Å². The molecule has 0 unspecified atom stereocenters. The highest BCUT2D eigenvalue weighted by molar-refractivity contribution is 5.89. The van der Waals surface area contributed by atoms with Crippen LogP contribution in [-0.4, -0.2) is 23.8 Å². The highest BCUT2D eigenvalue weighted by Gasteiger charge is 2.19. The van der Waals surface area contributed by atoms with Crippen LogP contribution in [0.2, 0.25) is 0 Å². The molecule has 128 valence electrons. The maximum atomic E-state index is 12.0. The van der Waals surface area contributed by atoms with Crippen molar-refractivity contribution in [3.05, 3.63) is 66.7 Å². The average molecular weight is 336 g/mol. The summed E-state index contributed by atoms with van der Waals surface area (Å²) in [6.45, 7) is 0.106. The fourth-order valence-corrected chi connectivity index (χ4v) is 2.57. The molecule has 2 aromatic rings. The quantitative estimate of drug-likeness (QED) is 0.565. The summed E-state index contributed by atoms with van der Waals surface area (Å²) in [5, 5.41) is 23.1. The van der Waals surface area contributed by atoms with Gasteiger partial charge in [-0.3, -0.25) is 0 Å². The van der Waals surface area contributed by atoms with E-state index >= 15 is 0 Å². The second kappa shape index (κ2) is 8.21. The Kier molecular flexibility index (Phi) is 5.53. The summed E-state index contributed by atoms with van der Waals surface area (Å²) in [5.41, 5.74) is 2.17. The Balaban J connectivity index is 1.51. The monoisotopic (exact) mass is 336 g/mol. The molecule has 0 aliphatic heterocycles. The third kappa shape index (κ3) is 4.99. The third-order valence-electron chi connectivity index (χ3n) is 3.89. The van der Waals surface area contributed by atoms with Crippen molar-refractivity contribution in [2.75, 3.05) is 11.9 Å². The number of urea groups is 1. The van der Waals surface area contributed by atoms with Gasteiger partial charge < -0.3 is 15.7 Å². The van der Waals surface area contributed by atoms with Crippen molar-refractivity contribution >= 4 is 23.1 Å². The maximum absolute atomic E-state index is 12.0. The summed E-state index contributed by atoms with van der Waals surface area (Å²) in [6.07, 6.45) is 4.56. The summed E-state index contributed by atoms with van der Waals surface area (Å²) in [7, 11) is 0. The van der Waals surface area contributed by atoms with E-state index < -0.39 is 0 Å². The number of hydrogen-bond donors (Lipinski definition) is 3. The molecule has 2 amide bonds. The van der Waals surface area contributed by atoms with Crippen LogP contribution >= 0.6 is 0 Å². The number of nitrogens with zero attached hydrogens (tertiary/aromatic N) is 2. The average Bonchev–Trinajstić information content (AvgIpc) is 3.09. The minimum absolute atomic E-state index is 0.0453. The highest BCUT2D eigenvalue weighted by atomic mass is 16.3. The zero-order valence-corrected chi connectivity index (χ0v) is 13.7. The number of carbonyl (C=O) groups excluding carboxylic acids is 1. The summed E-state index contributed by atoms with van der Waals surface area (Å²) >= 11 is 0. The van der Waals surface area contributed by atoms with E-state index in [1.807, 2.05) is 42.5 Å². The normalized spacial score (nSPS) is 19.2. The fourth-order valence-electron chi connectivity index (χ4n) is 2.57. The van der Waals surface area contributed by atoms with E-state index in [-0.39, 0.29) is 24.6 Å². The van der Waals surface area contributed by atoms with Crippen LogP contribution in [0.15, 0.2) is 77.0 Å². The van der Waals surface area contributed by atoms with Gasteiger partial charge in [0.1, 0.15) is 0 Å². The van der Waals surface area contributed by atoms with Gasteiger partial charge in [0, 0.05) is 24.3 Å². The van der Waals surface area contributed by atoms with E-state index in [4.69, 9.17) is 5.11 Å². The first-order valence-electron chi connectivity index (χ1n) is 8.16. The zero-order chi connectivity index (χ0) is 17.5. The van der Waals surface area contributed by atoms with Crippen LogP contribution in [0.4, 0.5) is 21.9 Å². The third-order valence-corrected chi connectivity index (χ3v) is 3.89. The molecule has 2 atom stereocenters. The van der Waals surface area contributed by atoms with Crippen LogP contribution in [0.25, 0.3) is 0 Å². The molecule has 0 aromatic heterocycles. The molecule has 6 heteroatoms. The molecule has 0 saturated heterocycles. The number of rotatable bonds is 5. The predicted molar refractivity (Wildman–Crippen MR) is 97.3 cm³/mol. The number of amides is 2. The smallest absolute Gasteiger partial charge is 0.319 e. The Morgan fingerprint density at radius 3 is 2.32 bits per heavy atom. The summed E-state index contributed by atoms with van der Waals surface area (Å²) in [5.74, 6) is 0.125. The minimum atomic E-state index is -0.271. The van der Waals surface area contributed by atoms with E-state index in [0.29, 0.717) is 11.4 Å². The Morgan fingerprint density at radius 2 is 1.68 bits per heavy atom. The molecular formula is C19H20N4O2. The number of aliphatic hydroxyl groups excluding tert-OH is 1. The van der Waals surface area contributed by atoms with Crippen molar-refractivity contribution in [2.24, 2.45) is 16.1 Å². The molecular weight excluding hydrogens is 316 g/mol. The van der Waals surface area contributed by atoms with Crippen LogP contribution in [0.5, 0.6) is 0 Å². The number of azo groups is 1. The second-order valence-electron chi connectivity index (χ2n) is 5.85. The van der Waals surface area contributed by atoms with Crippen molar-refractivity contribution in [1.29, 1.82) is 0 Å². The first-order valence-corrected chi connectivity index (χ1v) is 8.16. The second-order valence-corrected chi connectivity index (χ2v) is 5.85. The molecule has 6 nitrogen and oxygen atoms in total. The summed E-state index contributed by atoms with van der Waals surface area (Å²) in [6, 6.07) is 16.3. The highest BCUT2D eigenvalue weighted by Crippen LogP contribution is 2.20. The molecule has 0 radical (unpaired) electrons. The molecule has 1 aliphatic carbocycles. The standard InChI is InChI=1S/C19H20N4O2/c24-13-14-6-7-18(12-14)21-19(25)20-15-8-10-17(11-9-15)23-22-16-4-2-1-3-5-16/h1-11,14,18,24H,12-13H2,(H2,20,21,25)/t14-,18+/m0/s1. The van der Waals surface area contributed by atoms with Crippen molar-refractivity contribution in [1.82, 2.24) is 5.32 Å². The van der Waals surface area contributed by atoms with Crippen LogP contribution in [0, 0.1) is 5.92 Å². The predicted octanol–water partition coefficient (Wildman–Crippen LogP) is 4.16.